The number of carbonyl (C=O) groups is 2. The van der Waals surface area contributed by atoms with E-state index in [1.165, 1.54) is 26.2 Å². The van der Waals surface area contributed by atoms with E-state index < -0.39 is 10.8 Å². The van der Waals surface area contributed by atoms with Crippen LogP contribution in [0.1, 0.15) is 17.3 Å². The Hall–Kier alpha value is -3.53. The third kappa shape index (κ3) is 5.47. The highest BCUT2D eigenvalue weighted by molar-refractivity contribution is 7.80. The SMILES string of the molecule is COc1ccc(C(=O)NC(=S)Nc2ccc(NC(C)=O)cc2)cc1[N+](=O)[O-]. The lowest BCUT2D eigenvalue weighted by atomic mass is 10.1. The number of hydrogen-bond acceptors (Lipinski definition) is 6. The molecule has 0 aliphatic heterocycles. The third-order valence-electron chi connectivity index (χ3n) is 3.33. The number of nitrogens with one attached hydrogen (secondary N) is 3. The highest BCUT2D eigenvalue weighted by Crippen LogP contribution is 2.27. The number of hydrogen-bond donors (Lipinski definition) is 3. The topological polar surface area (TPSA) is 123 Å². The molecule has 0 bridgehead atoms. The molecule has 0 heterocycles. The van der Waals surface area contributed by atoms with Crippen molar-refractivity contribution in [2.45, 2.75) is 6.92 Å². The maximum absolute atomic E-state index is 12.2. The fourth-order valence-electron chi connectivity index (χ4n) is 2.15. The fraction of sp³-hybridized carbons (Fsp3) is 0.118. The van der Waals surface area contributed by atoms with Crippen molar-refractivity contribution in [2.75, 3.05) is 17.7 Å². The zero-order valence-corrected chi connectivity index (χ0v) is 15.3. The van der Waals surface area contributed by atoms with Crippen LogP contribution >= 0.6 is 12.2 Å². The van der Waals surface area contributed by atoms with Crippen molar-refractivity contribution in [3.8, 4) is 5.75 Å². The van der Waals surface area contributed by atoms with E-state index >= 15 is 0 Å². The van der Waals surface area contributed by atoms with Crippen LogP contribution in [0.2, 0.25) is 0 Å². The number of methoxy groups -OCH3 is 1. The lowest BCUT2D eigenvalue weighted by Crippen LogP contribution is -2.34. The van der Waals surface area contributed by atoms with Crippen LogP contribution < -0.4 is 20.7 Å². The number of benzene rings is 2. The highest BCUT2D eigenvalue weighted by Gasteiger charge is 2.18. The maximum Gasteiger partial charge on any atom is 0.311 e. The molecule has 0 radical (unpaired) electrons. The van der Waals surface area contributed by atoms with Gasteiger partial charge in [-0.2, -0.15) is 0 Å². The van der Waals surface area contributed by atoms with Crippen molar-refractivity contribution in [3.05, 3.63) is 58.1 Å². The summed E-state index contributed by atoms with van der Waals surface area (Å²) in [6.45, 7) is 1.40. The van der Waals surface area contributed by atoms with Gasteiger partial charge in [0.2, 0.25) is 5.91 Å². The van der Waals surface area contributed by atoms with Gasteiger partial charge in [0, 0.05) is 29.9 Å². The Balaban J connectivity index is 2.03. The maximum atomic E-state index is 12.2. The van der Waals surface area contributed by atoms with E-state index in [0.29, 0.717) is 11.4 Å². The summed E-state index contributed by atoms with van der Waals surface area (Å²) < 4.78 is 4.90. The summed E-state index contributed by atoms with van der Waals surface area (Å²) in [5.74, 6) is -0.739. The van der Waals surface area contributed by atoms with Gasteiger partial charge in [0.05, 0.1) is 12.0 Å². The molecule has 2 aromatic carbocycles. The molecule has 9 nitrogen and oxygen atoms in total. The number of nitro benzene ring substituents is 1. The summed E-state index contributed by atoms with van der Waals surface area (Å²) in [7, 11) is 1.30. The van der Waals surface area contributed by atoms with Gasteiger partial charge in [0.25, 0.3) is 5.91 Å². The highest BCUT2D eigenvalue weighted by atomic mass is 32.1. The molecule has 27 heavy (non-hydrogen) atoms. The molecule has 2 rings (SSSR count). The van der Waals surface area contributed by atoms with Gasteiger partial charge in [-0.1, -0.05) is 0 Å². The Morgan fingerprint density at radius 2 is 1.67 bits per heavy atom. The van der Waals surface area contributed by atoms with E-state index in [2.05, 4.69) is 16.0 Å². The molecule has 0 aliphatic rings. The van der Waals surface area contributed by atoms with Crippen molar-refractivity contribution in [2.24, 2.45) is 0 Å². The number of nitrogens with zero attached hydrogens (tertiary/aromatic N) is 1. The molecule has 2 amide bonds. The second-order valence-corrected chi connectivity index (χ2v) is 5.72. The Labute approximate surface area is 159 Å². The normalized spacial score (nSPS) is 9.85. The minimum Gasteiger partial charge on any atom is -0.490 e. The molecule has 0 spiro atoms. The van der Waals surface area contributed by atoms with E-state index in [1.54, 1.807) is 24.3 Å². The Morgan fingerprint density at radius 3 is 2.19 bits per heavy atom. The molecular weight excluding hydrogens is 372 g/mol. The second kappa shape index (κ2) is 8.72. The lowest BCUT2D eigenvalue weighted by Gasteiger charge is -2.11. The van der Waals surface area contributed by atoms with Crippen LogP contribution in [0.4, 0.5) is 17.1 Å². The van der Waals surface area contributed by atoms with E-state index in [1.807, 2.05) is 0 Å². The summed E-state index contributed by atoms with van der Waals surface area (Å²) >= 11 is 5.08. The summed E-state index contributed by atoms with van der Waals surface area (Å²) in [6.07, 6.45) is 0. The number of carbonyl (C=O) groups excluding carboxylic acids is 2. The fourth-order valence-corrected chi connectivity index (χ4v) is 2.36. The lowest BCUT2D eigenvalue weighted by molar-refractivity contribution is -0.385. The van der Waals surface area contributed by atoms with Crippen LogP contribution in [0.5, 0.6) is 5.75 Å². The van der Waals surface area contributed by atoms with Gasteiger partial charge < -0.3 is 15.4 Å². The quantitative estimate of drug-likeness (QED) is 0.409. The average Bonchev–Trinajstić information content (AvgIpc) is 2.62. The zero-order valence-electron chi connectivity index (χ0n) is 14.4. The number of thiocarbonyl (C=S) groups is 1. The zero-order chi connectivity index (χ0) is 20.0. The van der Waals surface area contributed by atoms with Crippen LogP contribution in [0.3, 0.4) is 0 Å². The summed E-state index contributed by atoms with van der Waals surface area (Å²) in [5, 5.41) is 18.9. The van der Waals surface area contributed by atoms with Gasteiger partial charge in [-0.15, -0.1) is 0 Å². The minimum absolute atomic E-state index is 0.0192. The number of anilines is 2. The van der Waals surface area contributed by atoms with Gasteiger partial charge in [-0.25, -0.2) is 0 Å². The summed E-state index contributed by atoms with van der Waals surface area (Å²) in [4.78, 5) is 33.6. The number of rotatable bonds is 5. The van der Waals surface area contributed by atoms with Crippen LogP contribution in [-0.2, 0) is 4.79 Å². The standard InChI is InChI=1S/C17H16N4O5S/c1-10(22)18-12-4-6-13(7-5-12)19-17(27)20-16(23)11-3-8-15(26-2)14(9-11)21(24)25/h3-9H,1-2H3,(H,18,22)(H2,19,20,23,27). The van der Waals surface area contributed by atoms with Crippen LogP contribution in [0, 0.1) is 10.1 Å². The van der Waals surface area contributed by atoms with Gasteiger partial charge in [0.1, 0.15) is 0 Å². The van der Waals surface area contributed by atoms with Crippen molar-refractivity contribution in [3.63, 3.8) is 0 Å². The monoisotopic (exact) mass is 388 g/mol. The Morgan fingerprint density at radius 1 is 1.07 bits per heavy atom. The van der Waals surface area contributed by atoms with E-state index in [0.717, 1.165) is 6.07 Å². The van der Waals surface area contributed by atoms with Crippen molar-refractivity contribution >= 4 is 46.2 Å². The number of nitro groups is 1. The molecule has 0 unspecified atom stereocenters. The molecule has 3 N–H and O–H groups in total. The summed E-state index contributed by atoms with van der Waals surface area (Å²) in [5.41, 5.74) is 0.953. The molecule has 0 fully saturated rings. The largest absolute Gasteiger partial charge is 0.490 e. The van der Waals surface area contributed by atoms with Gasteiger partial charge in [-0.05, 0) is 48.6 Å². The van der Waals surface area contributed by atoms with E-state index in [-0.39, 0.29) is 28.0 Å². The van der Waals surface area contributed by atoms with E-state index in [9.17, 15) is 19.7 Å². The van der Waals surface area contributed by atoms with Crippen LogP contribution in [0.25, 0.3) is 0 Å². The molecule has 10 heteroatoms. The molecule has 0 saturated carbocycles. The molecule has 0 aliphatic carbocycles. The molecule has 0 aromatic heterocycles. The number of amides is 2. The second-order valence-electron chi connectivity index (χ2n) is 5.31. The summed E-state index contributed by atoms with van der Waals surface area (Å²) in [6, 6.07) is 10.5. The first-order valence-corrected chi connectivity index (χ1v) is 8.03. The Bertz CT molecular complexity index is 899. The third-order valence-corrected chi connectivity index (χ3v) is 3.53. The molecule has 0 atom stereocenters. The minimum atomic E-state index is -0.636. The average molecular weight is 388 g/mol. The van der Waals surface area contributed by atoms with Crippen LogP contribution in [-0.4, -0.2) is 29.0 Å². The first kappa shape index (κ1) is 19.8. The first-order chi connectivity index (χ1) is 12.8. The van der Waals surface area contributed by atoms with E-state index in [4.69, 9.17) is 17.0 Å². The smallest absolute Gasteiger partial charge is 0.311 e. The molecule has 140 valence electrons. The predicted octanol–water partition coefficient (Wildman–Crippen LogP) is 2.69. The predicted molar refractivity (Wildman–Crippen MR) is 104 cm³/mol. The molecular formula is C17H16N4O5S. The molecule has 0 saturated heterocycles. The first-order valence-electron chi connectivity index (χ1n) is 7.62. The van der Waals surface area contributed by atoms with Gasteiger partial charge in [-0.3, -0.25) is 25.0 Å². The van der Waals surface area contributed by atoms with Crippen molar-refractivity contribution < 1.29 is 19.2 Å². The van der Waals surface area contributed by atoms with Crippen molar-refractivity contribution in [1.82, 2.24) is 5.32 Å². The van der Waals surface area contributed by atoms with Crippen molar-refractivity contribution in [1.29, 1.82) is 0 Å². The van der Waals surface area contributed by atoms with Gasteiger partial charge in [0.15, 0.2) is 10.9 Å². The van der Waals surface area contributed by atoms with Gasteiger partial charge >= 0.3 is 5.69 Å². The number of ether oxygens (including phenoxy) is 1. The van der Waals surface area contributed by atoms with Crippen LogP contribution in [0.15, 0.2) is 42.5 Å². The Kier molecular flexibility index (Phi) is 6.39. The molecule has 2 aromatic rings.